The van der Waals surface area contributed by atoms with E-state index in [1.165, 1.54) is 18.6 Å². The van der Waals surface area contributed by atoms with Crippen LogP contribution in [-0.2, 0) is 14.2 Å². The molecule has 4 aromatic rings. The maximum atomic E-state index is 12.3. The van der Waals surface area contributed by atoms with Gasteiger partial charge in [-0.2, -0.15) is 0 Å². The number of rotatable bonds is 10. The largest absolute Gasteiger partial charge is 0.505 e. The molecule has 12 heteroatoms. The Bertz CT molecular complexity index is 1460. The molecule has 0 spiro atoms. The van der Waals surface area contributed by atoms with Crippen LogP contribution >= 0.6 is 0 Å². The minimum atomic E-state index is -1.14. The first kappa shape index (κ1) is 30.4. The molecule has 0 fully saturated rings. The van der Waals surface area contributed by atoms with Crippen LogP contribution in [0.25, 0.3) is 22.1 Å². The quantitative estimate of drug-likeness (QED) is 0.120. The highest BCUT2D eigenvalue weighted by Crippen LogP contribution is 2.26. The lowest BCUT2D eigenvalue weighted by molar-refractivity contribution is 0.0203. The highest BCUT2D eigenvalue weighted by atomic mass is 28.3. The zero-order valence-corrected chi connectivity index (χ0v) is 24.3. The van der Waals surface area contributed by atoms with E-state index >= 15 is 0 Å². The first-order chi connectivity index (χ1) is 19.2. The van der Waals surface area contributed by atoms with Gasteiger partial charge in [-0.3, -0.25) is 19.9 Å². The van der Waals surface area contributed by atoms with Crippen molar-refractivity contribution in [1.29, 1.82) is 0 Å². The van der Waals surface area contributed by atoms with Gasteiger partial charge in [0.05, 0.1) is 36.6 Å². The Morgan fingerprint density at radius 3 is 1.95 bits per heavy atom. The Kier molecular flexibility index (Phi) is 10.9. The third-order valence-electron chi connectivity index (χ3n) is 5.45. The van der Waals surface area contributed by atoms with E-state index in [1.807, 2.05) is 0 Å². The molecule has 0 radical (unpaired) electrons. The van der Waals surface area contributed by atoms with Gasteiger partial charge in [0.25, 0.3) is 0 Å². The van der Waals surface area contributed by atoms with Gasteiger partial charge in [0, 0.05) is 27.1 Å². The van der Waals surface area contributed by atoms with E-state index in [0.29, 0.717) is 34.4 Å². The predicted molar refractivity (Wildman–Crippen MR) is 152 cm³/mol. The summed E-state index contributed by atoms with van der Waals surface area (Å²) in [5.74, 6) is -0.955. The molecule has 0 unspecified atom stereocenters. The standard InChI is InChI=1S/C17H24N2O4Si.C11H10N2O3/c1-5-22-17(20)15-14(23-12-21-9-10-24(2,3)4)11-19-13-7-6-8-18-16(13)15;1-2-16-11(15)9-8(14)6-13-7-4-3-5-12-10(7)9/h6-8,11H,5,9-10,12H2,1-4H3;3-6,14H,2H2,1H3. The Morgan fingerprint density at radius 2 is 1.38 bits per heavy atom. The highest BCUT2D eigenvalue weighted by molar-refractivity contribution is 6.76. The van der Waals surface area contributed by atoms with Crippen LogP contribution in [0.5, 0.6) is 11.5 Å². The van der Waals surface area contributed by atoms with Gasteiger partial charge in [-0.05, 0) is 44.2 Å². The number of carbonyl (C=O) groups excluding carboxylic acids is 2. The maximum Gasteiger partial charge on any atom is 0.344 e. The van der Waals surface area contributed by atoms with Crippen LogP contribution < -0.4 is 4.74 Å². The van der Waals surface area contributed by atoms with Gasteiger partial charge in [0.15, 0.2) is 18.3 Å². The van der Waals surface area contributed by atoms with Crippen molar-refractivity contribution in [2.45, 2.75) is 39.5 Å². The number of aromatic nitrogens is 4. The minimum Gasteiger partial charge on any atom is -0.505 e. The fourth-order valence-corrected chi connectivity index (χ4v) is 4.23. The number of esters is 2. The monoisotopic (exact) mass is 566 g/mol. The molecule has 0 aliphatic rings. The minimum absolute atomic E-state index is 0.0625. The lowest BCUT2D eigenvalue weighted by Crippen LogP contribution is -2.22. The predicted octanol–water partition coefficient (Wildman–Crippen LogP) is 5.01. The third-order valence-corrected chi connectivity index (χ3v) is 7.15. The van der Waals surface area contributed by atoms with Crippen LogP contribution in [0.1, 0.15) is 34.6 Å². The Morgan fingerprint density at radius 1 is 0.825 bits per heavy atom. The fraction of sp³-hybridized carbons (Fsp3) is 0.357. The van der Waals surface area contributed by atoms with Crippen molar-refractivity contribution in [2.24, 2.45) is 0 Å². The van der Waals surface area contributed by atoms with Crippen LogP contribution in [0.15, 0.2) is 49.1 Å². The van der Waals surface area contributed by atoms with Crippen LogP contribution in [0.4, 0.5) is 0 Å². The molecule has 11 nitrogen and oxygen atoms in total. The van der Waals surface area contributed by atoms with Crippen LogP contribution in [0.2, 0.25) is 25.7 Å². The molecular weight excluding hydrogens is 532 g/mol. The van der Waals surface area contributed by atoms with E-state index in [-0.39, 0.29) is 36.9 Å². The van der Waals surface area contributed by atoms with Crippen LogP contribution in [0, 0.1) is 0 Å². The van der Waals surface area contributed by atoms with Gasteiger partial charge in [0.1, 0.15) is 22.2 Å². The Hall–Kier alpha value is -4.16. The summed E-state index contributed by atoms with van der Waals surface area (Å²) < 4.78 is 21.1. The molecule has 1 N–H and O–H groups in total. The number of hydrogen-bond acceptors (Lipinski definition) is 11. The van der Waals surface area contributed by atoms with Gasteiger partial charge in [-0.1, -0.05) is 19.6 Å². The van der Waals surface area contributed by atoms with Crippen molar-refractivity contribution in [3.8, 4) is 11.5 Å². The van der Waals surface area contributed by atoms with E-state index in [4.69, 9.17) is 18.9 Å². The normalized spacial score (nSPS) is 11.0. The number of hydrogen-bond donors (Lipinski definition) is 1. The second kappa shape index (κ2) is 14.3. The van der Waals surface area contributed by atoms with E-state index in [9.17, 15) is 14.7 Å². The van der Waals surface area contributed by atoms with Gasteiger partial charge in [-0.25, -0.2) is 9.59 Å². The molecule has 0 atom stereocenters. The molecule has 0 saturated heterocycles. The van der Waals surface area contributed by atoms with Crippen molar-refractivity contribution >= 4 is 42.1 Å². The SMILES string of the molecule is CCOC(=O)c1c(O)cnc2cccnc12.CCOC(=O)c1c(OCOCC[Si](C)(C)C)cnc2cccnc12. The summed E-state index contributed by atoms with van der Waals surface area (Å²) >= 11 is 0. The molecule has 40 heavy (non-hydrogen) atoms. The third kappa shape index (κ3) is 8.17. The number of fused-ring (bicyclic) bond motifs is 2. The Balaban J connectivity index is 0.000000238. The molecule has 0 aromatic carbocycles. The number of aromatic hydroxyl groups is 1. The van der Waals surface area contributed by atoms with Gasteiger partial charge in [-0.15, -0.1) is 0 Å². The van der Waals surface area contributed by atoms with Crippen molar-refractivity contribution in [1.82, 2.24) is 19.9 Å². The lowest BCUT2D eigenvalue weighted by atomic mass is 10.2. The molecule has 4 aromatic heterocycles. The van der Waals surface area contributed by atoms with Gasteiger partial charge in [0.2, 0.25) is 0 Å². The first-order valence-corrected chi connectivity index (χ1v) is 16.6. The second-order valence-corrected chi connectivity index (χ2v) is 15.3. The second-order valence-electron chi connectivity index (χ2n) is 9.68. The highest BCUT2D eigenvalue weighted by Gasteiger charge is 2.21. The molecule has 0 bridgehead atoms. The topological polar surface area (TPSA) is 143 Å². The molecule has 0 amide bonds. The summed E-state index contributed by atoms with van der Waals surface area (Å²) in [5.41, 5.74) is 2.33. The zero-order valence-electron chi connectivity index (χ0n) is 23.3. The summed E-state index contributed by atoms with van der Waals surface area (Å²) in [6.45, 7) is 11.6. The Labute approximate surface area is 233 Å². The smallest absolute Gasteiger partial charge is 0.344 e. The number of nitrogens with zero attached hydrogens (tertiary/aromatic N) is 4. The zero-order chi connectivity index (χ0) is 29.1. The van der Waals surface area contributed by atoms with Crippen molar-refractivity contribution in [3.63, 3.8) is 0 Å². The molecular formula is C28H34N4O7Si. The summed E-state index contributed by atoms with van der Waals surface area (Å²) in [7, 11) is -1.14. The van der Waals surface area contributed by atoms with Crippen LogP contribution in [-0.4, -0.2) is 71.7 Å². The van der Waals surface area contributed by atoms with E-state index < -0.39 is 20.0 Å². The first-order valence-electron chi connectivity index (χ1n) is 12.9. The molecule has 212 valence electrons. The molecule has 0 aliphatic heterocycles. The maximum absolute atomic E-state index is 12.3. The number of carbonyl (C=O) groups is 2. The number of ether oxygens (including phenoxy) is 4. The van der Waals surface area contributed by atoms with E-state index in [2.05, 4.69) is 39.6 Å². The average molecular weight is 567 g/mol. The van der Waals surface area contributed by atoms with Gasteiger partial charge < -0.3 is 24.1 Å². The summed E-state index contributed by atoms with van der Waals surface area (Å²) in [4.78, 5) is 40.4. The summed E-state index contributed by atoms with van der Waals surface area (Å²) in [5, 5.41) is 9.60. The van der Waals surface area contributed by atoms with Crippen molar-refractivity contribution < 1.29 is 33.6 Å². The van der Waals surface area contributed by atoms with Gasteiger partial charge >= 0.3 is 11.9 Å². The average Bonchev–Trinajstić information content (AvgIpc) is 2.92. The van der Waals surface area contributed by atoms with E-state index in [1.54, 1.807) is 44.3 Å². The number of pyridine rings is 4. The molecule has 4 heterocycles. The molecule has 0 saturated carbocycles. The lowest BCUT2D eigenvalue weighted by Gasteiger charge is -2.16. The van der Waals surface area contributed by atoms with Crippen molar-refractivity contribution in [2.75, 3.05) is 26.6 Å². The van der Waals surface area contributed by atoms with Crippen molar-refractivity contribution in [3.05, 3.63) is 60.2 Å². The fourth-order valence-electron chi connectivity index (χ4n) is 3.47. The molecule has 0 aliphatic carbocycles. The summed E-state index contributed by atoms with van der Waals surface area (Å²) in [6.07, 6.45) is 5.88. The van der Waals surface area contributed by atoms with E-state index in [0.717, 1.165) is 6.04 Å². The van der Waals surface area contributed by atoms with Crippen LogP contribution in [0.3, 0.4) is 0 Å². The molecule has 4 rings (SSSR count). The summed E-state index contributed by atoms with van der Waals surface area (Å²) in [6, 6.07) is 8.04.